The molecule has 0 aliphatic rings. The molecule has 0 fully saturated rings. The third-order valence-corrected chi connectivity index (χ3v) is 2.52. The smallest absolute Gasteiger partial charge is 0.328 e. The highest BCUT2D eigenvalue weighted by atomic mass is 19.1. The molecule has 6 nitrogen and oxygen atoms in total. The number of halogens is 1. The molecule has 0 saturated heterocycles. The fourth-order valence-electron chi connectivity index (χ4n) is 1.46. The van der Waals surface area contributed by atoms with Crippen molar-refractivity contribution in [3.63, 3.8) is 0 Å². The summed E-state index contributed by atoms with van der Waals surface area (Å²) in [6.07, 6.45) is -2.28. The summed E-state index contributed by atoms with van der Waals surface area (Å²) in [5.74, 6) is -2.44. The summed E-state index contributed by atoms with van der Waals surface area (Å²) in [5.41, 5.74) is 0. The Labute approximate surface area is 115 Å². The van der Waals surface area contributed by atoms with E-state index in [-0.39, 0.29) is 5.75 Å². The van der Waals surface area contributed by atoms with Crippen molar-refractivity contribution in [2.75, 3.05) is 0 Å². The molecule has 0 aliphatic carbocycles. The van der Waals surface area contributed by atoms with Gasteiger partial charge in [-0.25, -0.2) is 9.18 Å². The van der Waals surface area contributed by atoms with Crippen LogP contribution in [0.4, 0.5) is 4.39 Å². The van der Waals surface area contributed by atoms with Crippen LogP contribution in [-0.4, -0.2) is 40.3 Å². The van der Waals surface area contributed by atoms with Crippen LogP contribution >= 0.6 is 0 Å². The SMILES string of the molecule is CC(Oc1cccc(F)c1)C(=O)NC(C(=O)O)C(C)O. The third kappa shape index (κ3) is 4.51. The van der Waals surface area contributed by atoms with E-state index in [9.17, 15) is 19.1 Å². The normalized spacial score (nSPS) is 15.0. The van der Waals surface area contributed by atoms with Crippen molar-refractivity contribution in [1.29, 1.82) is 0 Å². The summed E-state index contributed by atoms with van der Waals surface area (Å²) in [6.45, 7) is 2.64. The second kappa shape index (κ2) is 6.85. The fourth-order valence-corrected chi connectivity index (χ4v) is 1.46. The van der Waals surface area contributed by atoms with Crippen LogP contribution in [-0.2, 0) is 9.59 Å². The van der Waals surface area contributed by atoms with E-state index in [0.717, 1.165) is 6.07 Å². The van der Waals surface area contributed by atoms with E-state index in [0.29, 0.717) is 0 Å². The lowest BCUT2D eigenvalue weighted by atomic mass is 10.2. The Bertz CT molecular complexity index is 491. The van der Waals surface area contributed by atoms with Crippen molar-refractivity contribution >= 4 is 11.9 Å². The first-order valence-electron chi connectivity index (χ1n) is 5.94. The van der Waals surface area contributed by atoms with Gasteiger partial charge in [-0.15, -0.1) is 0 Å². The quantitative estimate of drug-likeness (QED) is 0.709. The first-order valence-corrected chi connectivity index (χ1v) is 5.94. The number of carbonyl (C=O) groups excluding carboxylic acids is 1. The zero-order chi connectivity index (χ0) is 15.3. The molecule has 1 rings (SSSR count). The average molecular weight is 285 g/mol. The van der Waals surface area contributed by atoms with Crippen molar-refractivity contribution in [2.45, 2.75) is 32.1 Å². The van der Waals surface area contributed by atoms with Crippen LogP contribution < -0.4 is 10.1 Å². The fraction of sp³-hybridized carbons (Fsp3) is 0.385. The van der Waals surface area contributed by atoms with Crippen molar-refractivity contribution in [3.05, 3.63) is 30.1 Å². The molecule has 0 saturated carbocycles. The van der Waals surface area contributed by atoms with Crippen LogP contribution in [0.2, 0.25) is 0 Å². The molecule has 110 valence electrons. The minimum atomic E-state index is -1.43. The van der Waals surface area contributed by atoms with E-state index in [1.54, 1.807) is 0 Å². The predicted molar refractivity (Wildman–Crippen MR) is 67.7 cm³/mol. The largest absolute Gasteiger partial charge is 0.481 e. The number of benzene rings is 1. The summed E-state index contributed by atoms with van der Waals surface area (Å²) >= 11 is 0. The van der Waals surface area contributed by atoms with Gasteiger partial charge in [0, 0.05) is 6.07 Å². The maximum absolute atomic E-state index is 12.9. The number of nitrogens with one attached hydrogen (secondary N) is 1. The zero-order valence-electron chi connectivity index (χ0n) is 11.0. The molecule has 0 aromatic heterocycles. The van der Waals surface area contributed by atoms with Crippen LogP contribution in [0.5, 0.6) is 5.75 Å². The highest BCUT2D eigenvalue weighted by molar-refractivity contribution is 5.86. The monoisotopic (exact) mass is 285 g/mol. The lowest BCUT2D eigenvalue weighted by Crippen LogP contribution is -2.51. The first kappa shape index (κ1) is 15.9. The van der Waals surface area contributed by atoms with Crippen LogP contribution in [0.15, 0.2) is 24.3 Å². The number of rotatable bonds is 6. The highest BCUT2D eigenvalue weighted by Crippen LogP contribution is 2.13. The molecule has 7 heteroatoms. The molecule has 0 spiro atoms. The Kier molecular flexibility index (Phi) is 5.45. The number of carboxylic acid groups (broad SMARTS) is 1. The Morgan fingerprint density at radius 1 is 1.35 bits per heavy atom. The van der Waals surface area contributed by atoms with Gasteiger partial charge in [-0.3, -0.25) is 4.79 Å². The molecular formula is C13H16FNO5. The van der Waals surface area contributed by atoms with Crippen molar-refractivity contribution in [2.24, 2.45) is 0 Å². The van der Waals surface area contributed by atoms with Gasteiger partial charge in [0.25, 0.3) is 5.91 Å². The lowest BCUT2D eigenvalue weighted by molar-refractivity contribution is -0.145. The van der Waals surface area contributed by atoms with Gasteiger partial charge in [-0.2, -0.15) is 0 Å². The molecule has 1 amide bonds. The van der Waals surface area contributed by atoms with Crippen LogP contribution in [0.1, 0.15) is 13.8 Å². The van der Waals surface area contributed by atoms with Gasteiger partial charge in [-0.05, 0) is 26.0 Å². The summed E-state index contributed by atoms with van der Waals surface area (Å²) in [4.78, 5) is 22.6. The summed E-state index contributed by atoms with van der Waals surface area (Å²) in [6, 6.07) is 3.79. The molecule has 0 bridgehead atoms. The van der Waals surface area contributed by atoms with E-state index >= 15 is 0 Å². The maximum atomic E-state index is 12.9. The highest BCUT2D eigenvalue weighted by Gasteiger charge is 2.27. The minimum absolute atomic E-state index is 0.150. The number of aliphatic carboxylic acids is 1. The van der Waals surface area contributed by atoms with E-state index in [1.165, 1.54) is 32.0 Å². The standard InChI is InChI=1S/C13H16FNO5/c1-7(16)11(13(18)19)15-12(17)8(2)20-10-5-3-4-9(14)6-10/h3-8,11,16H,1-2H3,(H,15,17)(H,18,19). The number of carbonyl (C=O) groups is 2. The van der Waals surface area contributed by atoms with Gasteiger partial charge in [0.1, 0.15) is 11.6 Å². The molecule has 1 aromatic carbocycles. The summed E-state index contributed by atoms with van der Waals surface area (Å²) in [7, 11) is 0. The van der Waals surface area contributed by atoms with Crippen LogP contribution in [0.3, 0.4) is 0 Å². The van der Waals surface area contributed by atoms with Crippen molar-refractivity contribution in [3.8, 4) is 5.75 Å². The van der Waals surface area contributed by atoms with Crippen LogP contribution in [0.25, 0.3) is 0 Å². The van der Waals surface area contributed by atoms with Gasteiger partial charge >= 0.3 is 5.97 Å². The molecule has 0 radical (unpaired) electrons. The summed E-state index contributed by atoms with van der Waals surface area (Å²) in [5, 5.41) is 20.2. The maximum Gasteiger partial charge on any atom is 0.328 e. The van der Waals surface area contributed by atoms with Crippen molar-refractivity contribution in [1.82, 2.24) is 5.32 Å². The Morgan fingerprint density at radius 3 is 2.50 bits per heavy atom. The topological polar surface area (TPSA) is 95.9 Å². The minimum Gasteiger partial charge on any atom is -0.481 e. The van der Waals surface area contributed by atoms with Gasteiger partial charge in [-0.1, -0.05) is 6.07 Å². The Balaban J connectivity index is 2.65. The van der Waals surface area contributed by atoms with E-state index < -0.39 is 35.9 Å². The molecule has 0 heterocycles. The molecule has 20 heavy (non-hydrogen) atoms. The number of carboxylic acids is 1. The van der Waals surface area contributed by atoms with Crippen molar-refractivity contribution < 1.29 is 28.9 Å². The number of aliphatic hydroxyl groups excluding tert-OH is 1. The average Bonchev–Trinajstić information content (AvgIpc) is 2.34. The predicted octanol–water partition coefficient (Wildman–Crippen LogP) is 0.543. The summed E-state index contributed by atoms with van der Waals surface area (Å²) < 4.78 is 18.1. The van der Waals surface area contributed by atoms with Crippen LogP contribution in [0, 0.1) is 5.82 Å². The second-order valence-electron chi connectivity index (χ2n) is 4.28. The molecule has 1 aromatic rings. The number of ether oxygens (including phenoxy) is 1. The molecule has 3 atom stereocenters. The number of amides is 1. The molecule has 0 aliphatic heterocycles. The zero-order valence-corrected chi connectivity index (χ0v) is 11.0. The first-order chi connectivity index (χ1) is 9.31. The van der Waals surface area contributed by atoms with Gasteiger partial charge in [0.15, 0.2) is 12.1 Å². The second-order valence-corrected chi connectivity index (χ2v) is 4.28. The van der Waals surface area contributed by atoms with Gasteiger partial charge in [0.2, 0.25) is 0 Å². The number of hydrogen-bond donors (Lipinski definition) is 3. The lowest BCUT2D eigenvalue weighted by Gasteiger charge is -2.20. The van der Waals surface area contributed by atoms with E-state index in [1.807, 2.05) is 0 Å². The molecular weight excluding hydrogens is 269 g/mol. The van der Waals surface area contributed by atoms with E-state index in [4.69, 9.17) is 9.84 Å². The third-order valence-electron chi connectivity index (χ3n) is 2.52. The van der Waals surface area contributed by atoms with E-state index in [2.05, 4.69) is 5.32 Å². The molecule has 3 N–H and O–H groups in total. The molecule has 3 unspecified atom stereocenters. The van der Waals surface area contributed by atoms with Gasteiger partial charge < -0.3 is 20.3 Å². The number of hydrogen-bond acceptors (Lipinski definition) is 4. The number of aliphatic hydroxyl groups is 1. The Morgan fingerprint density at radius 2 is 2.00 bits per heavy atom. The van der Waals surface area contributed by atoms with Gasteiger partial charge in [0.05, 0.1) is 6.10 Å². The Hall–Kier alpha value is -2.15.